The van der Waals surface area contributed by atoms with Gasteiger partial charge in [0.25, 0.3) is 0 Å². The Morgan fingerprint density at radius 3 is 2.47 bits per heavy atom. The van der Waals surface area contributed by atoms with Crippen LogP contribution in [-0.2, 0) is 4.74 Å². The highest BCUT2D eigenvalue weighted by atomic mass is 19.1. The molecule has 0 amide bonds. The SMILES string of the molecule is COc1cccc(C(N)C2C(C)OC(C)C2C)c1F. The molecule has 1 aromatic carbocycles. The molecule has 0 saturated carbocycles. The highest BCUT2D eigenvalue weighted by Gasteiger charge is 2.41. The van der Waals surface area contributed by atoms with Gasteiger partial charge < -0.3 is 15.2 Å². The lowest BCUT2D eigenvalue weighted by Crippen LogP contribution is -2.31. The van der Waals surface area contributed by atoms with Gasteiger partial charge in [-0.05, 0) is 25.8 Å². The minimum atomic E-state index is -0.384. The summed E-state index contributed by atoms with van der Waals surface area (Å²) in [6, 6.07) is 4.72. The zero-order chi connectivity index (χ0) is 14.2. The van der Waals surface area contributed by atoms with Crippen molar-refractivity contribution in [3.05, 3.63) is 29.6 Å². The van der Waals surface area contributed by atoms with E-state index in [1.54, 1.807) is 18.2 Å². The molecule has 0 bridgehead atoms. The van der Waals surface area contributed by atoms with Crippen LogP contribution < -0.4 is 10.5 Å². The Morgan fingerprint density at radius 2 is 1.95 bits per heavy atom. The average Bonchev–Trinajstić information content (AvgIpc) is 2.63. The Morgan fingerprint density at radius 1 is 1.26 bits per heavy atom. The third-order valence-electron chi connectivity index (χ3n) is 4.31. The molecule has 5 atom stereocenters. The maximum atomic E-state index is 14.3. The molecule has 0 aromatic heterocycles. The number of hydrogen-bond acceptors (Lipinski definition) is 3. The number of rotatable bonds is 3. The van der Waals surface area contributed by atoms with Crippen LogP contribution in [0.4, 0.5) is 4.39 Å². The molecule has 4 heteroatoms. The van der Waals surface area contributed by atoms with Crippen LogP contribution in [0.3, 0.4) is 0 Å². The molecule has 19 heavy (non-hydrogen) atoms. The van der Waals surface area contributed by atoms with E-state index in [-0.39, 0.29) is 35.7 Å². The van der Waals surface area contributed by atoms with Gasteiger partial charge in [0.1, 0.15) is 0 Å². The van der Waals surface area contributed by atoms with Gasteiger partial charge in [0.05, 0.1) is 19.3 Å². The molecule has 5 unspecified atom stereocenters. The normalized spacial score (nSPS) is 32.3. The number of halogens is 1. The second-order valence-electron chi connectivity index (χ2n) is 5.37. The van der Waals surface area contributed by atoms with Crippen molar-refractivity contribution in [3.63, 3.8) is 0 Å². The van der Waals surface area contributed by atoms with Crippen LogP contribution in [0.2, 0.25) is 0 Å². The summed E-state index contributed by atoms with van der Waals surface area (Å²) in [4.78, 5) is 0. The maximum absolute atomic E-state index is 14.3. The lowest BCUT2D eigenvalue weighted by molar-refractivity contribution is 0.0488. The molecule has 1 aromatic rings. The first-order valence-electron chi connectivity index (χ1n) is 6.70. The van der Waals surface area contributed by atoms with E-state index in [1.807, 2.05) is 13.8 Å². The number of ether oxygens (including phenoxy) is 2. The molecule has 106 valence electrons. The van der Waals surface area contributed by atoms with Crippen LogP contribution in [0.1, 0.15) is 32.4 Å². The van der Waals surface area contributed by atoms with Crippen molar-refractivity contribution in [1.29, 1.82) is 0 Å². The highest BCUT2D eigenvalue weighted by Crippen LogP contribution is 2.40. The third-order valence-corrected chi connectivity index (χ3v) is 4.31. The summed E-state index contributed by atoms with van der Waals surface area (Å²) in [7, 11) is 1.46. The average molecular weight is 267 g/mol. The standard InChI is InChI=1S/C15H22FNO2/c1-8-9(2)19-10(3)13(8)15(17)11-6-5-7-12(18-4)14(11)16/h5-10,13,15H,17H2,1-4H3. The van der Waals surface area contributed by atoms with Crippen molar-refractivity contribution in [2.45, 2.75) is 39.0 Å². The Balaban J connectivity index is 2.32. The van der Waals surface area contributed by atoms with Gasteiger partial charge in [-0.25, -0.2) is 4.39 Å². The summed E-state index contributed by atoms with van der Waals surface area (Å²) < 4.78 is 25.1. The van der Waals surface area contributed by atoms with Gasteiger partial charge in [0.15, 0.2) is 11.6 Å². The van der Waals surface area contributed by atoms with Crippen LogP contribution in [0, 0.1) is 17.7 Å². The first-order chi connectivity index (χ1) is 8.97. The van der Waals surface area contributed by atoms with Crippen molar-refractivity contribution in [1.82, 2.24) is 0 Å². The smallest absolute Gasteiger partial charge is 0.169 e. The second kappa shape index (κ2) is 5.47. The molecule has 1 aliphatic heterocycles. The predicted molar refractivity (Wildman–Crippen MR) is 72.5 cm³/mol. The number of nitrogens with two attached hydrogens (primary N) is 1. The quantitative estimate of drug-likeness (QED) is 0.915. The zero-order valence-electron chi connectivity index (χ0n) is 11.9. The van der Waals surface area contributed by atoms with E-state index in [4.69, 9.17) is 15.2 Å². The van der Waals surface area contributed by atoms with Gasteiger partial charge in [-0.3, -0.25) is 0 Å². The van der Waals surface area contributed by atoms with E-state index in [1.165, 1.54) is 7.11 Å². The van der Waals surface area contributed by atoms with Gasteiger partial charge in [0, 0.05) is 17.5 Å². The van der Waals surface area contributed by atoms with Crippen molar-refractivity contribution < 1.29 is 13.9 Å². The van der Waals surface area contributed by atoms with Crippen LogP contribution in [0.25, 0.3) is 0 Å². The molecule has 1 fully saturated rings. The fourth-order valence-corrected chi connectivity index (χ4v) is 3.06. The summed E-state index contributed by atoms with van der Waals surface area (Å²) in [5, 5.41) is 0. The third kappa shape index (κ3) is 2.47. The Bertz CT molecular complexity index is 452. The van der Waals surface area contributed by atoms with Crippen LogP contribution in [-0.4, -0.2) is 19.3 Å². The van der Waals surface area contributed by atoms with E-state index in [9.17, 15) is 4.39 Å². The molecule has 0 aliphatic carbocycles. The molecule has 0 spiro atoms. The summed E-state index contributed by atoms with van der Waals surface area (Å²) in [6.07, 6.45) is 0.185. The summed E-state index contributed by atoms with van der Waals surface area (Å²) in [6.45, 7) is 6.15. The van der Waals surface area contributed by atoms with Crippen LogP contribution >= 0.6 is 0 Å². The topological polar surface area (TPSA) is 44.5 Å². The zero-order valence-corrected chi connectivity index (χ0v) is 11.9. The second-order valence-corrected chi connectivity index (χ2v) is 5.37. The highest BCUT2D eigenvalue weighted by molar-refractivity contribution is 5.33. The van der Waals surface area contributed by atoms with Crippen molar-refractivity contribution >= 4 is 0 Å². The van der Waals surface area contributed by atoms with E-state index in [2.05, 4.69) is 6.92 Å². The minimum absolute atomic E-state index is 0.0330. The number of benzene rings is 1. The lowest BCUT2D eigenvalue weighted by Gasteiger charge is -2.26. The molecular weight excluding hydrogens is 245 g/mol. The monoisotopic (exact) mass is 267 g/mol. The minimum Gasteiger partial charge on any atom is -0.494 e. The van der Waals surface area contributed by atoms with Crippen molar-refractivity contribution in [2.24, 2.45) is 17.6 Å². The Labute approximate surface area is 113 Å². The molecule has 3 nitrogen and oxygen atoms in total. The predicted octanol–water partition coefficient (Wildman–Crippen LogP) is 2.89. The molecule has 1 aliphatic rings. The van der Waals surface area contributed by atoms with Crippen molar-refractivity contribution in [2.75, 3.05) is 7.11 Å². The van der Waals surface area contributed by atoms with Gasteiger partial charge in [-0.1, -0.05) is 19.1 Å². The van der Waals surface area contributed by atoms with Crippen LogP contribution in [0.15, 0.2) is 18.2 Å². The van der Waals surface area contributed by atoms with Gasteiger partial charge in [-0.2, -0.15) is 0 Å². The van der Waals surface area contributed by atoms with E-state index < -0.39 is 0 Å². The van der Waals surface area contributed by atoms with E-state index in [0.29, 0.717) is 11.5 Å². The maximum Gasteiger partial charge on any atom is 0.169 e. The molecule has 2 rings (SSSR count). The van der Waals surface area contributed by atoms with Crippen LogP contribution in [0.5, 0.6) is 5.75 Å². The summed E-state index contributed by atoms with van der Waals surface area (Å²) >= 11 is 0. The fraction of sp³-hybridized carbons (Fsp3) is 0.600. The largest absolute Gasteiger partial charge is 0.494 e. The molecule has 1 heterocycles. The molecule has 1 saturated heterocycles. The molecule has 0 radical (unpaired) electrons. The summed E-state index contributed by atoms with van der Waals surface area (Å²) in [5.74, 6) is 0.281. The summed E-state index contributed by atoms with van der Waals surface area (Å²) in [5.41, 5.74) is 6.79. The first kappa shape index (κ1) is 14.3. The first-order valence-corrected chi connectivity index (χ1v) is 6.70. The molecule has 2 N–H and O–H groups in total. The number of hydrogen-bond donors (Lipinski definition) is 1. The number of methoxy groups -OCH3 is 1. The van der Waals surface area contributed by atoms with Crippen molar-refractivity contribution in [3.8, 4) is 5.75 Å². The van der Waals surface area contributed by atoms with E-state index in [0.717, 1.165) is 0 Å². The van der Waals surface area contributed by atoms with Gasteiger partial charge in [0.2, 0.25) is 0 Å². The molecular formula is C15H22FNO2. The Kier molecular flexibility index (Phi) is 4.11. The van der Waals surface area contributed by atoms with E-state index >= 15 is 0 Å². The lowest BCUT2D eigenvalue weighted by atomic mass is 9.81. The fourth-order valence-electron chi connectivity index (χ4n) is 3.06. The Hall–Kier alpha value is -1.13. The van der Waals surface area contributed by atoms with Gasteiger partial charge >= 0.3 is 0 Å². The van der Waals surface area contributed by atoms with Gasteiger partial charge in [-0.15, -0.1) is 0 Å².